The van der Waals surface area contributed by atoms with Crippen molar-refractivity contribution in [2.24, 2.45) is 0 Å². The zero-order valence-corrected chi connectivity index (χ0v) is 8.85. The second-order valence-electron chi connectivity index (χ2n) is 3.78. The van der Waals surface area contributed by atoms with Crippen LogP contribution in [0.5, 0.6) is 0 Å². The Morgan fingerprint density at radius 1 is 1.33 bits per heavy atom. The van der Waals surface area contributed by atoms with E-state index < -0.39 is 0 Å². The lowest BCUT2D eigenvalue weighted by Gasteiger charge is -2.22. The molecular weight excluding hydrogens is 190 g/mol. The molecule has 4 nitrogen and oxygen atoms in total. The number of ether oxygens (including phenoxy) is 1. The Morgan fingerprint density at radius 2 is 2.20 bits per heavy atom. The fraction of sp³-hybridized carbons (Fsp3) is 0.636. The van der Waals surface area contributed by atoms with Crippen LogP contribution in [0.2, 0.25) is 0 Å². The van der Waals surface area contributed by atoms with E-state index in [1.807, 2.05) is 6.07 Å². The fourth-order valence-electron chi connectivity index (χ4n) is 1.73. The zero-order valence-electron chi connectivity index (χ0n) is 8.85. The number of nitrogens with one attached hydrogen (secondary N) is 1. The highest BCUT2D eigenvalue weighted by atomic mass is 16.5. The Bertz CT molecular complexity index is 272. The van der Waals surface area contributed by atoms with Crippen LogP contribution < -0.4 is 5.32 Å². The minimum Gasteiger partial charge on any atom is -0.377 e. The zero-order chi connectivity index (χ0) is 10.3. The van der Waals surface area contributed by atoms with Gasteiger partial charge in [-0.05, 0) is 25.3 Å². The van der Waals surface area contributed by atoms with E-state index in [9.17, 15) is 0 Å². The van der Waals surface area contributed by atoms with Gasteiger partial charge in [0.1, 0.15) is 5.82 Å². The molecule has 0 amide bonds. The van der Waals surface area contributed by atoms with Gasteiger partial charge in [0, 0.05) is 25.5 Å². The summed E-state index contributed by atoms with van der Waals surface area (Å²) in [5.41, 5.74) is 0. The van der Waals surface area contributed by atoms with Gasteiger partial charge in [-0.2, -0.15) is 0 Å². The maximum Gasteiger partial charge on any atom is 0.141 e. The highest BCUT2D eigenvalue weighted by molar-refractivity contribution is 4.87. The topological polar surface area (TPSA) is 47.0 Å². The lowest BCUT2D eigenvalue weighted by atomic mass is 10.1. The van der Waals surface area contributed by atoms with Gasteiger partial charge in [-0.3, -0.25) is 0 Å². The largest absolute Gasteiger partial charge is 0.377 e. The molecule has 0 aromatic carbocycles. The van der Waals surface area contributed by atoms with Crippen molar-refractivity contribution in [1.82, 2.24) is 15.3 Å². The predicted octanol–water partition coefficient (Wildman–Crippen LogP) is 1.14. The van der Waals surface area contributed by atoms with Crippen molar-refractivity contribution in [3.63, 3.8) is 0 Å². The molecule has 4 heteroatoms. The quantitative estimate of drug-likeness (QED) is 0.804. The summed E-state index contributed by atoms with van der Waals surface area (Å²) in [6, 6.07) is 1.83. The minimum atomic E-state index is 0.377. The van der Waals surface area contributed by atoms with Gasteiger partial charge < -0.3 is 10.1 Å². The summed E-state index contributed by atoms with van der Waals surface area (Å²) in [5, 5.41) is 3.32. The van der Waals surface area contributed by atoms with Gasteiger partial charge in [-0.15, -0.1) is 0 Å². The third-order valence-electron chi connectivity index (χ3n) is 2.55. The summed E-state index contributed by atoms with van der Waals surface area (Å²) in [5.74, 6) is 0.841. The minimum absolute atomic E-state index is 0.377. The summed E-state index contributed by atoms with van der Waals surface area (Å²) in [4.78, 5) is 8.29. The lowest BCUT2D eigenvalue weighted by molar-refractivity contribution is 0.0167. The molecule has 0 radical (unpaired) electrons. The van der Waals surface area contributed by atoms with Crippen LogP contribution in [0.3, 0.4) is 0 Å². The molecule has 0 bridgehead atoms. The average molecular weight is 207 g/mol. The van der Waals surface area contributed by atoms with Gasteiger partial charge >= 0.3 is 0 Å². The van der Waals surface area contributed by atoms with Gasteiger partial charge in [-0.25, -0.2) is 9.97 Å². The van der Waals surface area contributed by atoms with Crippen LogP contribution in [0.4, 0.5) is 0 Å². The lowest BCUT2D eigenvalue weighted by Crippen LogP contribution is -2.31. The Kier molecular flexibility index (Phi) is 4.05. The second kappa shape index (κ2) is 5.78. The molecule has 1 aromatic rings. The first-order valence-corrected chi connectivity index (χ1v) is 5.53. The second-order valence-corrected chi connectivity index (χ2v) is 3.78. The summed E-state index contributed by atoms with van der Waals surface area (Å²) >= 11 is 0. The molecule has 1 aliphatic rings. The van der Waals surface area contributed by atoms with Crippen LogP contribution in [0.25, 0.3) is 0 Å². The van der Waals surface area contributed by atoms with Crippen LogP contribution in [0.15, 0.2) is 18.5 Å². The van der Waals surface area contributed by atoms with Crippen molar-refractivity contribution >= 4 is 0 Å². The van der Waals surface area contributed by atoms with Gasteiger partial charge in [0.05, 0.1) is 12.6 Å². The Balaban J connectivity index is 1.66. The molecule has 1 fully saturated rings. The first-order chi connectivity index (χ1) is 7.45. The van der Waals surface area contributed by atoms with E-state index in [1.54, 1.807) is 12.4 Å². The summed E-state index contributed by atoms with van der Waals surface area (Å²) in [6.07, 6.45) is 7.57. The number of aromatic nitrogens is 2. The molecule has 0 spiro atoms. The van der Waals surface area contributed by atoms with E-state index in [-0.39, 0.29) is 0 Å². The van der Waals surface area contributed by atoms with E-state index in [2.05, 4.69) is 15.3 Å². The predicted molar refractivity (Wildman–Crippen MR) is 57.3 cm³/mol. The van der Waals surface area contributed by atoms with Crippen molar-refractivity contribution in [1.29, 1.82) is 0 Å². The van der Waals surface area contributed by atoms with E-state index in [4.69, 9.17) is 4.74 Å². The van der Waals surface area contributed by atoms with Crippen molar-refractivity contribution in [2.45, 2.75) is 31.9 Å². The number of rotatable bonds is 4. The number of hydrogen-bond donors (Lipinski definition) is 1. The maximum absolute atomic E-state index is 5.61. The van der Waals surface area contributed by atoms with Crippen LogP contribution in [-0.4, -0.2) is 29.2 Å². The van der Waals surface area contributed by atoms with Gasteiger partial charge in [0.25, 0.3) is 0 Å². The SMILES string of the molecule is c1cnc(CNCC2CCCCO2)nc1. The first-order valence-electron chi connectivity index (χ1n) is 5.53. The van der Waals surface area contributed by atoms with Crippen LogP contribution >= 0.6 is 0 Å². The molecule has 1 atom stereocenters. The van der Waals surface area contributed by atoms with E-state index in [0.29, 0.717) is 6.10 Å². The molecule has 1 unspecified atom stereocenters. The smallest absolute Gasteiger partial charge is 0.141 e. The van der Waals surface area contributed by atoms with Crippen molar-refractivity contribution in [3.8, 4) is 0 Å². The van der Waals surface area contributed by atoms with Crippen molar-refractivity contribution in [2.75, 3.05) is 13.2 Å². The number of hydrogen-bond acceptors (Lipinski definition) is 4. The first kappa shape index (κ1) is 10.5. The molecule has 2 heterocycles. The fourth-order valence-corrected chi connectivity index (χ4v) is 1.73. The van der Waals surface area contributed by atoms with Crippen molar-refractivity contribution < 1.29 is 4.74 Å². The highest BCUT2D eigenvalue weighted by Crippen LogP contribution is 2.11. The third-order valence-corrected chi connectivity index (χ3v) is 2.55. The summed E-state index contributed by atoms with van der Waals surface area (Å²) < 4.78 is 5.61. The van der Waals surface area contributed by atoms with Gasteiger partial charge in [-0.1, -0.05) is 0 Å². The molecular formula is C11H17N3O. The van der Waals surface area contributed by atoms with Crippen LogP contribution in [0, 0.1) is 0 Å². The molecule has 1 saturated heterocycles. The molecule has 15 heavy (non-hydrogen) atoms. The van der Waals surface area contributed by atoms with E-state index >= 15 is 0 Å². The molecule has 82 valence electrons. The number of nitrogens with zero attached hydrogens (tertiary/aromatic N) is 2. The standard InChI is InChI=1S/C11H17N3O/c1-2-7-15-10(4-1)8-12-9-11-13-5-3-6-14-11/h3,5-6,10,12H,1-2,4,7-9H2. The molecule has 0 saturated carbocycles. The molecule has 1 aromatic heterocycles. The van der Waals surface area contributed by atoms with E-state index in [1.165, 1.54) is 19.3 Å². The third kappa shape index (κ3) is 3.57. The summed E-state index contributed by atoms with van der Waals surface area (Å²) in [6.45, 7) is 2.53. The Morgan fingerprint density at radius 3 is 2.93 bits per heavy atom. The normalized spacial score (nSPS) is 21.5. The van der Waals surface area contributed by atoms with Gasteiger partial charge in [0.2, 0.25) is 0 Å². The average Bonchev–Trinajstić information content (AvgIpc) is 2.32. The molecule has 2 rings (SSSR count). The van der Waals surface area contributed by atoms with Crippen LogP contribution in [0.1, 0.15) is 25.1 Å². The van der Waals surface area contributed by atoms with Crippen LogP contribution in [-0.2, 0) is 11.3 Å². The maximum atomic E-state index is 5.61. The monoisotopic (exact) mass is 207 g/mol. The molecule has 1 N–H and O–H groups in total. The van der Waals surface area contributed by atoms with E-state index in [0.717, 1.165) is 25.5 Å². The highest BCUT2D eigenvalue weighted by Gasteiger charge is 2.12. The molecule has 0 aliphatic carbocycles. The van der Waals surface area contributed by atoms with Crippen molar-refractivity contribution in [3.05, 3.63) is 24.3 Å². The summed E-state index contributed by atoms with van der Waals surface area (Å²) in [7, 11) is 0. The Hall–Kier alpha value is -1.00. The Labute approximate surface area is 90.1 Å². The van der Waals surface area contributed by atoms with Gasteiger partial charge in [0.15, 0.2) is 0 Å². The molecule has 1 aliphatic heterocycles.